The molecule has 0 saturated heterocycles. The molecule has 7 heteroatoms. The molecule has 94 valence electrons. The molecule has 2 aromatic rings. The largest absolute Gasteiger partial charge is 0.332 e. The normalized spacial score (nSPS) is 10.6. The number of alkyl halides is 1. The van der Waals surface area contributed by atoms with Gasteiger partial charge in [0, 0.05) is 12.3 Å². The van der Waals surface area contributed by atoms with Crippen molar-refractivity contribution in [1.29, 1.82) is 0 Å². The van der Waals surface area contributed by atoms with Crippen LogP contribution in [0.3, 0.4) is 0 Å². The van der Waals surface area contributed by atoms with E-state index in [4.69, 9.17) is 23.2 Å². The highest BCUT2D eigenvalue weighted by molar-refractivity contribution is 6.31. The summed E-state index contributed by atoms with van der Waals surface area (Å²) in [6, 6.07) is 4.62. The lowest BCUT2D eigenvalue weighted by Crippen LogP contribution is -2.02. The molecule has 1 heterocycles. The van der Waals surface area contributed by atoms with Gasteiger partial charge in [0.1, 0.15) is 0 Å². The van der Waals surface area contributed by atoms with Crippen molar-refractivity contribution in [3.05, 3.63) is 57.1 Å². The van der Waals surface area contributed by atoms with Crippen molar-refractivity contribution in [3.8, 4) is 0 Å². The number of imidazole rings is 1. The monoisotopic (exact) mass is 285 g/mol. The number of hydrogen-bond donors (Lipinski definition) is 0. The highest BCUT2D eigenvalue weighted by Crippen LogP contribution is 2.27. The highest BCUT2D eigenvalue weighted by atomic mass is 35.5. The van der Waals surface area contributed by atoms with Crippen molar-refractivity contribution in [1.82, 2.24) is 9.55 Å². The van der Waals surface area contributed by atoms with Gasteiger partial charge >= 0.3 is 0 Å². The van der Waals surface area contributed by atoms with E-state index in [1.165, 1.54) is 6.07 Å². The van der Waals surface area contributed by atoms with Gasteiger partial charge in [-0.15, -0.1) is 11.6 Å². The van der Waals surface area contributed by atoms with Crippen molar-refractivity contribution in [3.63, 3.8) is 0 Å². The topological polar surface area (TPSA) is 61.0 Å². The van der Waals surface area contributed by atoms with Gasteiger partial charge in [-0.3, -0.25) is 10.1 Å². The van der Waals surface area contributed by atoms with Gasteiger partial charge in [-0.25, -0.2) is 4.98 Å². The lowest BCUT2D eigenvalue weighted by molar-refractivity contribution is -0.385. The Morgan fingerprint density at radius 3 is 2.83 bits per heavy atom. The van der Waals surface area contributed by atoms with Crippen molar-refractivity contribution in [2.24, 2.45) is 0 Å². The first-order chi connectivity index (χ1) is 8.61. The number of halogens is 2. The molecule has 0 bridgehead atoms. The van der Waals surface area contributed by atoms with Crippen LogP contribution in [0.25, 0.3) is 0 Å². The predicted molar refractivity (Wildman–Crippen MR) is 69.0 cm³/mol. The molecular weight excluding hydrogens is 277 g/mol. The van der Waals surface area contributed by atoms with E-state index < -0.39 is 4.92 Å². The second kappa shape index (κ2) is 5.37. The summed E-state index contributed by atoms with van der Waals surface area (Å²) in [5, 5.41) is 11.3. The number of benzene rings is 1. The number of nitro benzene ring substituents is 1. The van der Waals surface area contributed by atoms with Crippen molar-refractivity contribution in [2.75, 3.05) is 0 Å². The highest BCUT2D eigenvalue weighted by Gasteiger charge is 2.16. The third-order valence-corrected chi connectivity index (χ3v) is 3.08. The molecule has 18 heavy (non-hydrogen) atoms. The van der Waals surface area contributed by atoms with Crippen LogP contribution in [0.1, 0.15) is 11.3 Å². The van der Waals surface area contributed by atoms with Crippen molar-refractivity contribution < 1.29 is 4.92 Å². The molecule has 0 fully saturated rings. The first-order valence-corrected chi connectivity index (χ1v) is 6.01. The van der Waals surface area contributed by atoms with E-state index in [1.807, 2.05) is 0 Å². The molecule has 0 unspecified atom stereocenters. The quantitative estimate of drug-likeness (QED) is 0.492. The summed E-state index contributed by atoms with van der Waals surface area (Å²) in [5.41, 5.74) is 1.18. The lowest BCUT2D eigenvalue weighted by atomic mass is 10.2. The predicted octanol–water partition coefficient (Wildman–Crippen LogP) is 3.23. The number of hydrogen-bond acceptors (Lipinski definition) is 3. The molecule has 1 aromatic heterocycles. The maximum atomic E-state index is 10.9. The molecule has 0 amide bonds. The van der Waals surface area contributed by atoms with Crippen LogP contribution in [0.2, 0.25) is 5.02 Å². The zero-order chi connectivity index (χ0) is 13.1. The van der Waals surface area contributed by atoms with Crippen molar-refractivity contribution in [2.45, 2.75) is 12.4 Å². The van der Waals surface area contributed by atoms with Crippen molar-refractivity contribution >= 4 is 28.9 Å². The van der Waals surface area contributed by atoms with Gasteiger partial charge in [-0.05, 0) is 6.07 Å². The van der Waals surface area contributed by atoms with Crippen LogP contribution in [0, 0.1) is 10.1 Å². The molecule has 2 rings (SSSR count). The third-order valence-electron chi connectivity index (χ3n) is 2.46. The van der Waals surface area contributed by atoms with Gasteiger partial charge in [-0.1, -0.05) is 17.7 Å². The maximum Gasteiger partial charge on any atom is 0.275 e. The fraction of sp³-hybridized carbons (Fsp3) is 0.182. The minimum Gasteiger partial charge on any atom is -0.332 e. The molecule has 0 atom stereocenters. The smallest absolute Gasteiger partial charge is 0.275 e. The SMILES string of the molecule is O=[N+]([O-])c1cccc(Cl)c1Cn1cnc(CCl)c1. The molecule has 0 saturated carbocycles. The van der Waals surface area contributed by atoms with Gasteiger partial charge in [0.25, 0.3) is 5.69 Å². The Balaban J connectivity index is 2.36. The molecular formula is C11H9Cl2N3O2. The van der Waals surface area contributed by atoms with Gasteiger partial charge in [0.2, 0.25) is 0 Å². The summed E-state index contributed by atoms with van der Waals surface area (Å²) in [7, 11) is 0. The average molecular weight is 286 g/mol. The molecule has 0 aliphatic rings. The summed E-state index contributed by atoms with van der Waals surface area (Å²) in [6.07, 6.45) is 3.31. The molecule has 0 aliphatic carbocycles. The summed E-state index contributed by atoms with van der Waals surface area (Å²) >= 11 is 11.6. The van der Waals surface area contributed by atoms with Gasteiger partial charge < -0.3 is 4.57 Å². The van der Waals surface area contributed by atoms with E-state index in [2.05, 4.69) is 4.98 Å². The second-order valence-electron chi connectivity index (χ2n) is 3.67. The zero-order valence-electron chi connectivity index (χ0n) is 9.22. The number of aromatic nitrogens is 2. The Kier molecular flexibility index (Phi) is 3.84. The molecule has 0 aliphatic heterocycles. The standard InChI is InChI=1S/C11H9Cl2N3O2/c12-4-8-5-15(7-14-8)6-9-10(13)2-1-3-11(9)16(17)18/h1-3,5,7H,4,6H2. The lowest BCUT2D eigenvalue weighted by Gasteiger charge is -2.05. The summed E-state index contributed by atoms with van der Waals surface area (Å²) < 4.78 is 1.71. The summed E-state index contributed by atoms with van der Waals surface area (Å²) in [6.45, 7) is 0.292. The fourth-order valence-corrected chi connectivity index (χ4v) is 1.99. The van der Waals surface area contributed by atoms with E-state index >= 15 is 0 Å². The molecule has 1 aromatic carbocycles. The second-order valence-corrected chi connectivity index (χ2v) is 4.34. The zero-order valence-corrected chi connectivity index (χ0v) is 10.7. The van der Waals surface area contributed by atoms with Gasteiger partial charge in [0.05, 0.1) is 40.0 Å². The maximum absolute atomic E-state index is 10.9. The Labute approximate surface area is 113 Å². The minimum absolute atomic E-state index is 0.00336. The first-order valence-electron chi connectivity index (χ1n) is 5.10. The van der Waals surface area contributed by atoms with Crippen LogP contribution in [0.4, 0.5) is 5.69 Å². The summed E-state index contributed by atoms with van der Waals surface area (Å²) in [4.78, 5) is 14.5. The van der Waals surface area contributed by atoms with Crippen LogP contribution in [-0.4, -0.2) is 14.5 Å². The minimum atomic E-state index is -0.444. The van der Waals surface area contributed by atoms with Gasteiger partial charge in [-0.2, -0.15) is 0 Å². The molecule has 0 radical (unpaired) electrons. The molecule has 5 nitrogen and oxygen atoms in total. The van der Waals surface area contributed by atoms with E-state index in [1.54, 1.807) is 29.2 Å². The van der Waals surface area contributed by atoms with Crippen LogP contribution in [0.5, 0.6) is 0 Å². The van der Waals surface area contributed by atoms with Crippen LogP contribution in [0.15, 0.2) is 30.7 Å². The van der Waals surface area contributed by atoms with Crippen LogP contribution < -0.4 is 0 Å². The van der Waals surface area contributed by atoms with Crippen LogP contribution >= 0.6 is 23.2 Å². The first kappa shape index (κ1) is 12.9. The van der Waals surface area contributed by atoms with E-state index in [-0.39, 0.29) is 5.69 Å². The van der Waals surface area contributed by atoms with Gasteiger partial charge in [0.15, 0.2) is 0 Å². The Bertz CT molecular complexity index is 583. The average Bonchev–Trinajstić information content (AvgIpc) is 2.79. The fourth-order valence-electron chi connectivity index (χ4n) is 1.62. The third kappa shape index (κ3) is 2.63. The van der Waals surface area contributed by atoms with E-state index in [0.29, 0.717) is 28.7 Å². The number of rotatable bonds is 4. The Morgan fingerprint density at radius 1 is 1.44 bits per heavy atom. The Morgan fingerprint density at radius 2 is 2.22 bits per heavy atom. The molecule has 0 spiro atoms. The summed E-state index contributed by atoms with van der Waals surface area (Å²) in [5.74, 6) is 0.303. The number of nitro groups is 1. The molecule has 0 N–H and O–H groups in total. The number of nitrogens with zero attached hydrogens (tertiary/aromatic N) is 3. The van der Waals surface area contributed by atoms with Crippen LogP contribution in [-0.2, 0) is 12.4 Å². The van der Waals surface area contributed by atoms with E-state index in [9.17, 15) is 10.1 Å². The van der Waals surface area contributed by atoms with E-state index in [0.717, 1.165) is 0 Å². The Hall–Kier alpha value is -1.59.